The maximum Gasteiger partial charge on any atom is 0.104 e. The van der Waals surface area contributed by atoms with Gasteiger partial charge in [-0.25, -0.2) is 0 Å². The van der Waals surface area contributed by atoms with Gasteiger partial charge >= 0.3 is 0 Å². The molecule has 1 saturated heterocycles. The standard InChI is InChI=1S/C13H25NO2/c1-3-12(11-15-2)9-14-10-13(16-12)7-5-4-6-8-13/h14H,3-11H2,1-2H3. The zero-order chi connectivity index (χ0) is 11.5. The highest BCUT2D eigenvalue weighted by molar-refractivity contribution is 4.97. The first-order valence-corrected chi connectivity index (χ1v) is 6.64. The summed E-state index contributed by atoms with van der Waals surface area (Å²) in [5.41, 5.74) is 0.00931. The number of rotatable bonds is 3. The molecule has 0 aromatic rings. The van der Waals surface area contributed by atoms with Gasteiger partial charge in [0.05, 0.1) is 12.2 Å². The summed E-state index contributed by atoms with van der Waals surface area (Å²) in [5.74, 6) is 0. The molecule has 0 bridgehead atoms. The Morgan fingerprint density at radius 3 is 2.56 bits per heavy atom. The third-order valence-electron chi connectivity index (χ3n) is 4.14. The first-order valence-electron chi connectivity index (χ1n) is 6.64. The number of morpholine rings is 1. The normalized spacial score (nSPS) is 34.1. The molecule has 94 valence electrons. The van der Waals surface area contributed by atoms with E-state index in [-0.39, 0.29) is 11.2 Å². The molecule has 1 unspecified atom stereocenters. The van der Waals surface area contributed by atoms with Gasteiger partial charge in [-0.1, -0.05) is 26.2 Å². The number of methoxy groups -OCH3 is 1. The van der Waals surface area contributed by atoms with Crippen molar-refractivity contribution < 1.29 is 9.47 Å². The van der Waals surface area contributed by atoms with Crippen LogP contribution in [0.1, 0.15) is 45.4 Å². The van der Waals surface area contributed by atoms with Crippen molar-refractivity contribution in [1.82, 2.24) is 5.32 Å². The molecule has 1 aliphatic carbocycles. The second-order valence-electron chi connectivity index (χ2n) is 5.42. The summed E-state index contributed by atoms with van der Waals surface area (Å²) in [5, 5.41) is 3.57. The van der Waals surface area contributed by atoms with Crippen molar-refractivity contribution in [3.05, 3.63) is 0 Å². The summed E-state index contributed by atoms with van der Waals surface area (Å²) in [6.07, 6.45) is 7.45. The Hall–Kier alpha value is -0.120. The predicted molar refractivity (Wildman–Crippen MR) is 64.7 cm³/mol. The maximum atomic E-state index is 6.50. The summed E-state index contributed by atoms with van der Waals surface area (Å²) in [7, 11) is 1.77. The van der Waals surface area contributed by atoms with Crippen molar-refractivity contribution in [2.24, 2.45) is 0 Å². The van der Waals surface area contributed by atoms with Crippen LogP contribution in [0.2, 0.25) is 0 Å². The van der Waals surface area contributed by atoms with E-state index in [4.69, 9.17) is 9.47 Å². The van der Waals surface area contributed by atoms with E-state index in [1.54, 1.807) is 7.11 Å². The van der Waals surface area contributed by atoms with Crippen LogP contribution in [0.25, 0.3) is 0 Å². The first kappa shape index (κ1) is 12.3. The summed E-state index contributed by atoms with van der Waals surface area (Å²) < 4.78 is 11.8. The fourth-order valence-corrected chi connectivity index (χ4v) is 3.17. The molecule has 0 amide bonds. The number of hydrogen-bond acceptors (Lipinski definition) is 3. The van der Waals surface area contributed by atoms with E-state index in [1.165, 1.54) is 32.1 Å². The van der Waals surface area contributed by atoms with Crippen LogP contribution in [0.15, 0.2) is 0 Å². The van der Waals surface area contributed by atoms with Crippen LogP contribution in [0, 0.1) is 0 Å². The van der Waals surface area contributed by atoms with Crippen LogP contribution in [-0.2, 0) is 9.47 Å². The topological polar surface area (TPSA) is 30.5 Å². The Morgan fingerprint density at radius 2 is 1.94 bits per heavy atom. The van der Waals surface area contributed by atoms with Gasteiger partial charge in [-0.3, -0.25) is 0 Å². The van der Waals surface area contributed by atoms with Crippen LogP contribution >= 0.6 is 0 Å². The monoisotopic (exact) mass is 227 g/mol. The van der Waals surface area contributed by atoms with Crippen molar-refractivity contribution in [3.63, 3.8) is 0 Å². The average Bonchev–Trinajstić information content (AvgIpc) is 2.30. The molecule has 1 saturated carbocycles. The highest BCUT2D eigenvalue weighted by Crippen LogP contribution is 2.38. The molecule has 1 heterocycles. The molecule has 2 aliphatic rings. The Bertz CT molecular complexity index is 206. The van der Waals surface area contributed by atoms with Gasteiger partial charge in [0.2, 0.25) is 0 Å². The van der Waals surface area contributed by atoms with E-state index >= 15 is 0 Å². The lowest BCUT2D eigenvalue weighted by Crippen LogP contribution is -2.62. The van der Waals surface area contributed by atoms with E-state index in [1.807, 2.05) is 0 Å². The van der Waals surface area contributed by atoms with Crippen molar-refractivity contribution in [3.8, 4) is 0 Å². The SMILES string of the molecule is CCC1(COC)CNCC2(CCCCC2)O1. The molecule has 1 N–H and O–H groups in total. The van der Waals surface area contributed by atoms with Gasteiger partial charge in [0.1, 0.15) is 5.60 Å². The third kappa shape index (κ3) is 2.41. The zero-order valence-electron chi connectivity index (χ0n) is 10.7. The fourth-order valence-electron chi connectivity index (χ4n) is 3.17. The second-order valence-corrected chi connectivity index (χ2v) is 5.42. The summed E-state index contributed by atoms with van der Waals surface area (Å²) in [4.78, 5) is 0. The highest BCUT2D eigenvalue weighted by atomic mass is 16.6. The summed E-state index contributed by atoms with van der Waals surface area (Å²) in [6, 6.07) is 0. The van der Waals surface area contributed by atoms with Gasteiger partial charge < -0.3 is 14.8 Å². The molecule has 0 aromatic carbocycles. The van der Waals surface area contributed by atoms with E-state index in [0.717, 1.165) is 19.5 Å². The molecule has 3 heteroatoms. The van der Waals surface area contributed by atoms with Crippen LogP contribution in [0.5, 0.6) is 0 Å². The minimum absolute atomic E-state index is 0.0929. The van der Waals surface area contributed by atoms with E-state index in [2.05, 4.69) is 12.2 Å². The van der Waals surface area contributed by atoms with Crippen molar-refractivity contribution in [1.29, 1.82) is 0 Å². The minimum atomic E-state index is -0.0929. The quantitative estimate of drug-likeness (QED) is 0.801. The van der Waals surface area contributed by atoms with Crippen molar-refractivity contribution in [2.75, 3.05) is 26.8 Å². The molecule has 2 fully saturated rings. The van der Waals surface area contributed by atoms with Gasteiger partial charge in [0, 0.05) is 20.2 Å². The molecule has 1 spiro atoms. The van der Waals surface area contributed by atoms with E-state index in [9.17, 15) is 0 Å². The lowest BCUT2D eigenvalue weighted by molar-refractivity contribution is -0.209. The Morgan fingerprint density at radius 1 is 1.19 bits per heavy atom. The average molecular weight is 227 g/mol. The highest BCUT2D eigenvalue weighted by Gasteiger charge is 2.45. The van der Waals surface area contributed by atoms with Gasteiger partial charge in [-0.05, 0) is 19.3 Å². The molecule has 1 aliphatic heterocycles. The largest absolute Gasteiger partial charge is 0.382 e. The summed E-state index contributed by atoms with van der Waals surface area (Å²) >= 11 is 0. The van der Waals surface area contributed by atoms with Crippen LogP contribution in [0.3, 0.4) is 0 Å². The third-order valence-corrected chi connectivity index (χ3v) is 4.14. The Balaban J connectivity index is 2.06. The molecule has 3 nitrogen and oxygen atoms in total. The van der Waals surface area contributed by atoms with Crippen LogP contribution in [0.4, 0.5) is 0 Å². The predicted octanol–water partition coefficient (Wildman–Crippen LogP) is 2.10. The smallest absolute Gasteiger partial charge is 0.104 e. The Labute approximate surface area is 98.9 Å². The Kier molecular flexibility index (Phi) is 3.88. The van der Waals surface area contributed by atoms with Crippen LogP contribution < -0.4 is 5.32 Å². The molecular formula is C13H25NO2. The van der Waals surface area contributed by atoms with Gasteiger partial charge in [-0.15, -0.1) is 0 Å². The lowest BCUT2D eigenvalue weighted by Gasteiger charge is -2.50. The van der Waals surface area contributed by atoms with E-state index in [0.29, 0.717) is 6.61 Å². The van der Waals surface area contributed by atoms with Crippen molar-refractivity contribution in [2.45, 2.75) is 56.7 Å². The van der Waals surface area contributed by atoms with Gasteiger partial charge in [-0.2, -0.15) is 0 Å². The van der Waals surface area contributed by atoms with Gasteiger partial charge in [0.25, 0.3) is 0 Å². The first-order chi connectivity index (χ1) is 7.74. The molecule has 0 radical (unpaired) electrons. The number of ether oxygens (including phenoxy) is 2. The fraction of sp³-hybridized carbons (Fsp3) is 1.00. The number of hydrogen-bond donors (Lipinski definition) is 1. The van der Waals surface area contributed by atoms with Crippen molar-refractivity contribution >= 4 is 0 Å². The van der Waals surface area contributed by atoms with Gasteiger partial charge in [0.15, 0.2) is 0 Å². The zero-order valence-corrected chi connectivity index (χ0v) is 10.7. The molecule has 16 heavy (non-hydrogen) atoms. The molecule has 2 rings (SSSR count). The molecular weight excluding hydrogens is 202 g/mol. The van der Waals surface area contributed by atoms with E-state index < -0.39 is 0 Å². The minimum Gasteiger partial charge on any atom is -0.382 e. The molecule has 1 atom stereocenters. The molecule has 0 aromatic heterocycles. The maximum absolute atomic E-state index is 6.50. The lowest BCUT2D eigenvalue weighted by atomic mass is 9.81. The number of nitrogens with one attached hydrogen (secondary N) is 1. The van der Waals surface area contributed by atoms with Crippen LogP contribution in [-0.4, -0.2) is 38.0 Å². The second kappa shape index (κ2) is 5.03. The summed E-state index contributed by atoms with van der Waals surface area (Å²) in [6.45, 7) is 4.86.